The maximum absolute atomic E-state index is 6.25. The molecule has 0 saturated carbocycles. The van der Waals surface area contributed by atoms with Crippen molar-refractivity contribution >= 4 is 17.3 Å². The van der Waals surface area contributed by atoms with Crippen LogP contribution in [0, 0.1) is 0 Å². The van der Waals surface area contributed by atoms with Crippen LogP contribution in [-0.2, 0) is 13.0 Å². The van der Waals surface area contributed by atoms with Crippen LogP contribution in [0.4, 0.5) is 17.3 Å². The monoisotopic (exact) mass is 409 g/mol. The first-order valence-corrected chi connectivity index (χ1v) is 9.56. The van der Waals surface area contributed by atoms with E-state index in [1.807, 2.05) is 42.5 Å². The molecule has 0 spiro atoms. The summed E-state index contributed by atoms with van der Waals surface area (Å²) in [6.07, 6.45) is 2.27. The average molecular weight is 409 g/mol. The summed E-state index contributed by atoms with van der Waals surface area (Å²) in [6, 6.07) is 13.7. The van der Waals surface area contributed by atoms with Gasteiger partial charge in [0, 0.05) is 13.1 Å². The third kappa shape index (κ3) is 5.22. The van der Waals surface area contributed by atoms with Crippen molar-refractivity contribution in [2.75, 3.05) is 44.2 Å². The first kappa shape index (κ1) is 21.0. The zero-order chi connectivity index (χ0) is 21.3. The summed E-state index contributed by atoms with van der Waals surface area (Å²) < 4.78 is 15.8. The van der Waals surface area contributed by atoms with E-state index in [0.717, 1.165) is 23.3 Å². The standard InChI is InChI=1S/C22H27N5O3/c1-28-17-7-4-16(5-8-17)13-25-22-20(23)21(26-14-27-22)24-11-10-15-6-9-18(29-2)19(12-15)30-3/h4-9,12,14H,10-11,13,23H2,1-3H3,(H2,24,25,26,27). The third-order valence-corrected chi connectivity index (χ3v) is 4.66. The lowest BCUT2D eigenvalue weighted by Crippen LogP contribution is -2.12. The Bertz CT molecular complexity index is 963. The van der Waals surface area contributed by atoms with Gasteiger partial charge in [-0.05, 0) is 41.8 Å². The summed E-state index contributed by atoms with van der Waals surface area (Å²) in [5.74, 6) is 3.43. The number of ether oxygens (including phenoxy) is 3. The van der Waals surface area contributed by atoms with Gasteiger partial charge in [-0.2, -0.15) is 0 Å². The number of aromatic nitrogens is 2. The zero-order valence-corrected chi connectivity index (χ0v) is 17.4. The van der Waals surface area contributed by atoms with Gasteiger partial charge in [0.05, 0.1) is 21.3 Å². The molecule has 0 fully saturated rings. The molecule has 1 heterocycles. The Kier molecular flexibility index (Phi) is 7.15. The molecule has 0 saturated heterocycles. The van der Waals surface area contributed by atoms with Crippen molar-refractivity contribution in [3.05, 3.63) is 59.9 Å². The van der Waals surface area contributed by atoms with Crippen molar-refractivity contribution in [3.63, 3.8) is 0 Å². The van der Waals surface area contributed by atoms with E-state index in [9.17, 15) is 0 Å². The van der Waals surface area contributed by atoms with Crippen LogP contribution >= 0.6 is 0 Å². The van der Waals surface area contributed by atoms with E-state index in [1.165, 1.54) is 6.33 Å². The minimum atomic E-state index is 0.485. The summed E-state index contributed by atoms with van der Waals surface area (Å²) >= 11 is 0. The number of benzene rings is 2. The molecule has 0 bridgehead atoms. The molecule has 3 rings (SSSR count). The second kappa shape index (κ2) is 10.2. The van der Waals surface area contributed by atoms with Crippen LogP contribution < -0.4 is 30.6 Å². The minimum absolute atomic E-state index is 0.485. The Balaban J connectivity index is 1.58. The number of hydrogen-bond donors (Lipinski definition) is 3. The molecule has 30 heavy (non-hydrogen) atoms. The Morgan fingerprint density at radius 1 is 0.800 bits per heavy atom. The number of nitrogens with zero attached hydrogens (tertiary/aromatic N) is 2. The lowest BCUT2D eigenvalue weighted by Gasteiger charge is -2.13. The van der Waals surface area contributed by atoms with E-state index < -0.39 is 0 Å². The summed E-state index contributed by atoms with van der Waals surface area (Å²) in [5.41, 5.74) is 8.94. The Morgan fingerprint density at radius 2 is 1.47 bits per heavy atom. The number of methoxy groups -OCH3 is 3. The molecule has 0 radical (unpaired) electrons. The highest BCUT2D eigenvalue weighted by Crippen LogP contribution is 2.28. The Hall–Kier alpha value is -3.68. The summed E-state index contributed by atoms with van der Waals surface area (Å²) in [6.45, 7) is 1.25. The molecule has 158 valence electrons. The molecule has 1 aromatic heterocycles. The molecule has 0 atom stereocenters. The topological polar surface area (TPSA) is 104 Å². The lowest BCUT2D eigenvalue weighted by atomic mass is 10.1. The fourth-order valence-corrected chi connectivity index (χ4v) is 2.97. The van der Waals surface area contributed by atoms with Crippen molar-refractivity contribution in [1.82, 2.24) is 9.97 Å². The smallest absolute Gasteiger partial charge is 0.160 e. The fourth-order valence-electron chi connectivity index (χ4n) is 2.97. The molecule has 8 nitrogen and oxygen atoms in total. The molecular formula is C22H27N5O3. The van der Waals surface area contributed by atoms with Crippen molar-refractivity contribution in [3.8, 4) is 17.2 Å². The highest BCUT2D eigenvalue weighted by molar-refractivity contribution is 5.74. The molecule has 0 amide bonds. The van der Waals surface area contributed by atoms with Crippen LogP contribution in [-0.4, -0.2) is 37.8 Å². The molecule has 0 aliphatic carbocycles. The number of rotatable bonds is 10. The Labute approximate surface area is 176 Å². The molecule has 8 heteroatoms. The van der Waals surface area contributed by atoms with Gasteiger partial charge >= 0.3 is 0 Å². The van der Waals surface area contributed by atoms with Gasteiger partial charge in [-0.25, -0.2) is 9.97 Å². The van der Waals surface area contributed by atoms with Crippen LogP contribution in [0.15, 0.2) is 48.8 Å². The summed E-state index contributed by atoms with van der Waals surface area (Å²) in [5, 5.41) is 6.53. The zero-order valence-electron chi connectivity index (χ0n) is 17.4. The first-order chi connectivity index (χ1) is 14.6. The third-order valence-electron chi connectivity index (χ3n) is 4.66. The van der Waals surface area contributed by atoms with Gasteiger partial charge in [0.1, 0.15) is 17.8 Å². The highest BCUT2D eigenvalue weighted by Gasteiger charge is 2.09. The molecule has 3 aromatic rings. The second-order valence-electron chi connectivity index (χ2n) is 6.55. The van der Waals surface area contributed by atoms with E-state index in [1.54, 1.807) is 21.3 Å². The second-order valence-corrected chi connectivity index (χ2v) is 6.55. The summed E-state index contributed by atoms with van der Waals surface area (Å²) in [7, 11) is 4.90. The van der Waals surface area contributed by atoms with E-state index >= 15 is 0 Å². The van der Waals surface area contributed by atoms with Crippen LogP contribution in [0.3, 0.4) is 0 Å². The van der Waals surface area contributed by atoms with Gasteiger partial charge < -0.3 is 30.6 Å². The number of anilines is 3. The van der Waals surface area contributed by atoms with Gasteiger partial charge in [0.25, 0.3) is 0 Å². The van der Waals surface area contributed by atoms with Gasteiger partial charge in [-0.3, -0.25) is 0 Å². The van der Waals surface area contributed by atoms with Crippen molar-refractivity contribution < 1.29 is 14.2 Å². The largest absolute Gasteiger partial charge is 0.497 e. The quantitative estimate of drug-likeness (QED) is 0.468. The SMILES string of the molecule is COc1ccc(CNc2ncnc(NCCc3ccc(OC)c(OC)c3)c2N)cc1. The van der Waals surface area contributed by atoms with E-state index in [0.29, 0.717) is 41.9 Å². The molecule has 4 N–H and O–H groups in total. The fraction of sp³-hybridized carbons (Fsp3) is 0.273. The van der Waals surface area contributed by atoms with Crippen LogP contribution in [0.1, 0.15) is 11.1 Å². The van der Waals surface area contributed by atoms with Gasteiger partial charge in [-0.1, -0.05) is 18.2 Å². The van der Waals surface area contributed by atoms with Gasteiger partial charge in [0.15, 0.2) is 23.1 Å². The first-order valence-electron chi connectivity index (χ1n) is 9.56. The van der Waals surface area contributed by atoms with E-state index in [2.05, 4.69) is 20.6 Å². The van der Waals surface area contributed by atoms with Crippen LogP contribution in [0.25, 0.3) is 0 Å². The molecule has 0 unspecified atom stereocenters. The molecule has 2 aromatic carbocycles. The maximum Gasteiger partial charge on any atom is 0.160 e. The van der Waals surface area contributed by atoms with Crippen molar-refractivity contribution in [2.45, 2.75) is 13.0 Å². The lowest BCUT2D eigenvalue weighted by molar-refractivity contribution is 0.354. The minimum Gasteiger partial charge on any atom is -0.497 e. The number of nitrogen functional groups attached to an aromatic ring is 1. The molecule has 0 aliphatic heterocycles. The predicted molar refractivity (Wildman–Crippen MR) is 119 cm³/mol. The van der Waals surface area contributed by atoms with Crippen LogP contribution in [0.5, 0.6) is 17.2 Å². The van der Waals surface area contributed by atoms with E-state index in [-0.39, 0.29) is 0 Å². The normalized spacial score (nSPS) is 10.4. The Morgan fingerprint density at radius 3 is 2.13 bits per heavy atom. The summed E-state index contributed by atoms with van der Waals surface area (Å²) in [4.78, 5) is 8.51. The van der Waals surface area contributed by atoms with E-state index in [4.69, 9.17) is 19.9 Å². The molecular weight excluding hydrogens is 382 g/mol. The number of hydrogen-bond acceptors (Lipinski definition) is 8. The maximum atomic E-state index is 6.25. The number of nitrogens with two attached hydrogens (primary N) is 1. The molecule has 0 aliphatic rings. The van der Waals surface area contributed by atoms with Crippen LogP contribution in [0.2, 0.25) is 0 Å². The predicted octanol–water partition coefficient (Wildman–Crippen LogP) is 3.35. The van der Waals surface area contributed by atoms with Crippen molar-refractivity contribution in [1.29, 1.82) is 0 Å². The van der Waals surface area contributed by atoms with Gasteiger partial charge in [-0.15, -0.1) is 0 Å². The van der Waals surface area contributed by atoms with Crippen molar-refractivity contribution in [2.24, 2.45) is 0 Å². The number of nitrogens with one attached hydrogen (secondary N) is 2. The highest BCUT2D eigenvalue weighted by atomic mass is 16.5. The average Bonchev–Trinajstić information content (AvgIpc) is 2.79. The van der Waals surface area contributed by atoms with Gasteiger partial charge in [0.2, 0.25) is 0 Å².